The van der Waals surface area contributed by atoms with E-state index in [9.17, 15) is 4.79 Å². The Labute approximate surface area is 128 Å². The van der Waals surface area contributed by atoms with Crippen LogP contribution in [0, 0.1) is 0 Å². The average Bonchev–Trinajstić information content (AvgIpc) is 2.88. The van der Waals surface area contributed by atoms with Crippen molar-refractivity contribution >= 4 is 22.0 Å². The molecule has 2 rings (SSSR count). The van der Waals surface area contributed by atoms with E-state index in [2.05, 4.69) is 40.8 Å². The number of hydrogen-bond acceptors (Lipinski definition) is 3. The van der Waals surface area contributed by atoms with Crippen LogP contribution < -0.4 is 4.74 Å². The van der Waals surface area contributed by atoms with Crippen molar-refractivity contribution in [1.29, 1.82) is 0 Å². The van der Waals surface area contributed by atoms with Gasteiger partial charge in [0.15, 0.2) is 0 Å². The Morgan fingerprint density at radius 2 is 2.00 bits per heavy atom. The molecular weight excluding hydrogens is 318 g/mol. The summed E-state index contributed by atoms with van der Waals surface area (Å²) in [5.74, 6) is 1.20. The third-order valence-corrected chi connectivity index (χ3v) is 4.96. The molecule has 0 N–H and O–H groups in total. The van der Waals surface area contributed by atoms with E-state index in [-0.39, 0.29) is 0 Å². The molecule has 0 aromatic heterocycles. The van der Waals surface area contributed by atoms with E-state index in [4.69, 9.17) is 4.74 Å². The first-order valence-corrected chi connectivity index (χ1v) is 7.80. The number of benzene rings is 1. The predicted molar refractivity (Wildman–Crippen MR) is 83.1 cm³/mol. The number of carbonyl (C=O) groups excluding carboxylic acids is 1. The van der Waals surface area contributed by atoms with Crippen molar-refractivity contribution in [2.45, 2.75) is 51.0 Å². The minimum atomic E-state index is -0.432. The molecule has 0 heterocycles. The number of nitrogens with zero attached hydrogens (tertiary/aromatic N) is 1. The van der Waals surface area contributed by atoms with Crippen LogP contribution >= 0.6 is 15.9 Å². The molecule has 1 fully saturated rings. The summed E-state index contributed by atoms with van der Waals surface area (Å²) in [6, 6.07) is 4.20. The summed E-state index contributed by atoms with van der Waals surface area (Å²) in [5.41, 5.74) is 1.83. The zero-order valence-electron chi connectivity index (χ0n) is 12.2. The van der Waals surface area contributed by atoms with Gasteiger partial charge >= 0.3 is 0 Å². The first kappa shape index (κ1) is 15.3. The first-order chi connectivity index (χ1) is 9.54. The maximum atomic E-state index is 10.9. The third kappa shape index (κ3) is 2.68. The fraction of sp³-hybridized carbons (Fsp3) is 0.562. The van der Waals surface area contributed by atoms with Gasteiger partial charge in [-0.3, -0.25) is 0 Å². The van der Waals surface area contributed by atoms with E-state index in [1.807, 2.05) is 6.07 Å². The zero-order valence-corrected chi connectivity index (χ0v) is 13.8. The number of methoxy groups -OCH3 is 1. The highest BCUT2D eigenvalue weighted by Crippen LogP contribution is 2.48. The second-order valence-corrected chi connectivity index (χ2v) is 6.47. The fourth-order valence-electron chi connectivity index (χ4n) is 2.93. The number of aliphatic imine (C=N–C) groups is 1. The van der Waals surface area contributed by atoms with Crippen molar-refractivity contribution in [3.05, 3.63) is 27.7 Å². The molecule has 20 heavy (non-hydrogen) atoms. The summed E-state index contributed by atoms with van der Waals surface area (Å²) in [6.45, 7) is 4.30. The molecule has 0 saturated heterocycles. The van der Waals surface area contributed by atoms with Crippen LogP contribution in [0.5, 0.6) is 5.75 Å². The van der Waals surface area contributed by atoms with Crippen LogP contribution in [0.1, 0.15) is 56.6 Å². The number of rotatable bonds is 4. The summed E-state index contributed by atoms with van der Waals surface area (Å²) in [5, 5.41) is 0. The van der Waals surface area contributed by atoms with Crippen LogP contribution in [0.2, 0.25) is 0 Å². The molecule has 1 aliphatic rings. The Morgan fingerprint density at radius 1 is 1.35 bits per heavy atom. The number of halogens is 1. The molecule has 0 unspecified atom stereocenters. The van der Waals surface area contributed by atoms with Crippen molar-refractivity contribution in [1.82, 2.24) is 0 Å². The Kier molecular flexibility index (Phi) is 4.66. The van der Waals surface area contributed by atoms with Gasteiger partial charge in [-0.05, 0) is 51.9 Å². The summed E-state index contributed by atoms with van der Waals surface area (Å²) in [6.07, 6.45) is 5.74. The normalized spacial score (nSPS) is 17.1. The van der Waals surface area contributed by atoms with Gasteiger partial charge in [-0.15, -0.1) is 0 Å². The summed E-state index contributed by atoms with van der Waals surface area (Å²) in [4.78, 5) is 15.1. The quantitative estimate of drug-likeness (QED) is 0.590. The molecule has 1 aromatic rings. The standard InChI is InChI=1S/C16H20BrNO2/c1-11(2)12-8-13(15(17)14(9-12)20-3)16(18-10-19)6-4-5-7-16/h8-9,11H,4-7H2,1-3H3. The Balaban J connectivity index is 2.64. The maximum absolute atomic E-state index is 10.9. The largest absolute Gasteiger partial charge is 0.496 e. The van der Waals surface area contributed by atoms with Gasteiger partial charge in [0.2, 0.25) is 6.08 Å². The van der Waals surface area contributed by atoms with Gasteiger partial charge in [-0.2, -0.15) is 4.99 Å². The van der Waals surface area contributed by atoms with Crippen LogP contribution in [0.4, 0.5) is 0 Å². The Hall–Kier alpha value is -1.12. The van der Waals surface area contributed by atoms with E-state index in [1.54, 1.807) is 13.2 Å². The van der Waals surface area contributed by atoms with Crippen molar-refractivity contribution < 1.29 is 9.53 Å². The van der Waals surface area contributed by atoms with E-state index in [0.717, 1.165) is 41.5 Å². The lowest BCUT2D eigenvalue weighted by Crippen LogP contribution is -2.20. The van der Waals surface area contributed by atoms with Crippen molar-refractivity contribution in [3.63, 3.8) is 0 Å². The van der Waals surface area contributed by atoms with Crippen LogP contribution in [0.25, 0.3) is 0 Å². The lowest BCUT2D eigenvalue weighted by Gasteiger charge is -2.26. The van der Waals surface area contributed by atoms with Crippen LogP contribution in [0.3, 0.4) is 0 Å². The zero-order chi connectivity index (χ0) is 14.8. The molecule has 0 amide bonds. The third-order valence-electron chi connectivity index (χ3n) is 4.14. The lowest BCUT2D eigenvalue weighted by atomic mass is 9.86. The summed E-state index contributed by atoms with van der Waals surface area (Å²) in [7, 11) is 1.66. The van der Waals surface area contributed by atoms with Crippen molar-refractivity contribution in [2.24, 2.45) is 4.99 Å². The SMILES string of the molecule is COc1cc(C(C)C)cc(C2(N=C=O)CCCC2)c1Br. The Morgan fingerprint density at radius 3 is 2.50 bits per heavy atom. The molecule has 0 bridgehead atoms. The highest BCUT2D eigenvalue weighted by atomic mass is 79.9. The highest BCUT2D eigenvalue weighted by Gasteiger charge is 2.38. The molecule has 0 radical (unpaired) electrons. The lowest BCUT2D eigenvalue weighted by molar-refractivity contribution is 0.403. The van der Waals surface area contributed by atoms with Gasteiger partial charge in [0.05, 0.1) is 17.1 Å². The fourth-order valence-corrected chi connectivity index (χ4v) is 3.69. The van der Waals surface area contributed by atoms with Crippen LogP contribution in [-0.4, -0.2) is 13.2 Å². The van der Waals surface area contributed by atoms with Gasteiger partial charge in [0, 0.05) is 0 Å². The average molecular weight is 338 g/mol. The smallest absolute Gasteiger partial charge is 0.235 e. The van der Waals surface area contributed by atoms with Crippen molar-refractivity contribution in [2.75, 3.05) is 7.11 Å². The minimum Gasteiger partial charge on any atom is -0.496 e. The first-order valence-electron chi connectivity index (χ1n) is 7.01. The van der Waals surface area contributed by atoms with Gasteiger partial charge in [-0.1, -0.05) is 32.8 Å². The molecular formula is C16H20BrNO2. The monoisotopic (exact) mass is 337 g/mol. The van der Waals surface area contributed by atoms with E-state index >= 15 is 0 Å². The van der Waals surface area contributed by atoms with E-state index in [1.165, 1.54) is 5.56 Å². The van der Waals surface area contributed by atoms with Gasteiger partial charge in [-0.25, -0.2) is 4.79 Å². The molecule has 3 nitrogen and oxygen atoms in total. The molecule has 4 heteroatoms. The van der Waals surface area contributed by atoms with Crippen LogP contribution in [-0.2, 0) is 10.3 Å². The number of ether oxygens (including phenoxy) is 1. The molecule has 0 atom stereocenters. The van der Waals surface area contributed by atoms with Crippen LogP contribution in [0.15, 0.2) is 21.6 Å². The number of isocyanates is 1. The van der Waals surface area contributed by atoms with E-state index in [0.29, 0.717) is 5.92 Å². The van der Waals surface area contributed by atoms with Crippen molar-refractivity contribution in [3.8, 4) is 5.75 Å². The maximum Gasteiger partial charge on any atom is 0.235 e. The predicted octanol–water partition coefficient (Wildman–Crippen LogP) is 4.69. The molecule has 0 aliphatic heterocycles. The second-order valence-electron chi connectivity index (χ2n) is 5.68. The second kappa shape index (κ2) is 6.11. The molecule has 1 saturated carbocycles. The molecule has 1 aliphatic carbocycles. The Bertz CT molecular complexity index is 542. The molecule has 1 aromatic carbocycles. The molecule has 108 valence electrons. The van der Waals surface area contributed by atoms with E-state index < -0.39 is 5.54 Å². The topological polar surface area (TPSA) is 38.7 Å². The highest BCUT2D eigenvalue weighted by molar-refractivity contribution is 9.10. The summed E-state index contributed by atoms with van der Waals surface area (Å²) >= 11 is 3.63. The van der Waals surface area contributed by atoms with Gasteiger partial charge in [0.25, 0.3) is 0 Å². The minimum absolute atomic E-state index is 0.398. The number of hydrogen-bond donors (Lipinski definition) is 0. The molecule has 0 spiro atoms. The van der Waals surface area contributed by atoms with Gasteiger partial charge < -0.3 is 4.74 Å². The van der Waals surface area contributed by atoms with Gasteiger partial charge in [0.1, 0.15) is 5.75 Å². The summed E-state index contributed by atoms with van der Waals surface area (Å²) < 4.78 is 6.38.